The van der Waals surface area contributed by atoms with Crippen LogP contribution in [0.25, 0.3) is 5.65 Å². The minimum absolute atomic E-state index is 0.849. The first kappa shape index (κ1) is 9.54. The molecule has 3 aromatic rings. The van der Waals surface area contributed by atoms with Gasteiger partial charge in [0.1, 0.15) is 5.82 Å². The van der Waals surface area contributed by atoms with Crippen LogP contribution in [-0.2, 0) is 6.42 Å². The SMILES string of the molecule is Cc1cccn2c(Cc3cccs3)nnc12. The number of hydrogen-bond acceptors (Lipinski definition) is 3. The fraction of sp³-hybridized carbons (Fsp3) is 0.167. The molecule has 0 N–H and O–H groups in total. The Balaban J connectivity index is 2.08. The van der Waals surface area contributed by atoms with Crippen molar-refractivity contribution < 1.29 is 0 Å². The fourth-order valence-electron chi connectivity index (χ4n) is 1.79. The van der Waals surface area contributed by atoms with Gasteiger partial charge in [0.05, 0.1) is 0 Å². The Hall–Kier alpha value is -1.68. The molecular formula is C12H11N3S. The van der Waals surface area contributed by atoms with Gasteiger partial charge in [0, 0.05) is 17.5 Å². The van der Waals surface area contributed by atoms with Crippen LogP contribution in [0.5, 0.6) is 0 Å². The summed E-state index contributed by atoms with van der Waals surface area (Å²) in [4.78, 5) is 1.32. The number of rotatable bonds is 2. The fourth-order valence-corrected chi connectivity index (χ4v) is 2.49. The van der Waals surface area contributed by atoms with Crippen LogP contribution < -0.4 is 0 Å². The second-order valence-corrected chi connectivity index (χ2v) is 4.79. The summed E-state index contributed by atoms with van der Waals surface area (Å²) in [6.45, 7) is 2.05. The molecule has 3 rings (SSSR count). The molecule has 0 saturated carbocycles. The lowest BCUT2D eigenvalue weighted by Crippen LogP contribution is -1.95. The summed E-state index contributed by atoms with van der Waals surface area (Å²) in [5.41, 5.74) is 2.11. The molecule has 0 saturated heterocycles. The summed E-state index contributed by atoms with van der Waals surface area (Å²) in [5.74, 6) is 1.00. The lowest BCUT2D eigenvalue weighted by molar-refractivity contribution is 0.944. The van der Waals surface area contributed by atoms with Crippen molar-refractivity contribution in [2.45, 2.75) is 13.3 Å². The maximum Gasteiger partial charge on any atom is 0.163 e. The first-order chi connectivity index (χ1) is 7.84. The quantitative estimate of drug-likeness (QED) is 0.676. The van der Waals surface area contributed by atoms with E-state index in [4.69, 9.17) is 0 Å². The zero-order valence-corrected chi connectivity index (χ0v) is 9.74. The predicted octanol–water partition coefficient (Wildman–Crippen LogP) is 2.69. The summed E-state index contributed by atoms with van der Waals surface area (Å²) >= 11 is 1.75. The molecule has 3 nitrogen and oxygen atoms in total. The minimum Gasteiger partial charge on any atom is -0.286 e. The van der Waals surface area contributed by atoms with Gasteiger partial charge in [-0.25, -0.2) is 0 Å². The third-order valence-electron chi connectivity index (χ3n) is 2.61. The van der Waals surface area contributed by atoms with Gasteiger partial charge in [0.2, 0.25) is 0 Å². The van der Waals surface area contributed by atoms with Crippen molar-refractivity contribution in [2.75, 3.05) is 0 Å². The number of pyridine rings is 1. The number of hydrogen-bond donors (Lipinski definition) is 0. The number of fused-ring (bicyclic) bond motifs is 1. The normalized spacial score (nSPS) is 11.1. The molecular weight excluding hydrogens is 218 g/mol. The highest BCUT2D eigenvalue weighted by Crippen LogP contribution is 2.15. The number of thiophene rings is 1. The highest BCUT2D eigenvalue weighted by atomic mass is 32.1. The van der Waals surface area contributed by atoms with E-state index in [1.165, 1.54) is 4.88 Å². The molecule has 0 radical (unpaired) electrons. The van der Waals surface area contributed by atoms with Gasteiger partial charge in [-0.1, -0.05) is 12.1 Å². The molecule has 0 aliphatic rings. The van der Waals surface area contributed by atoms with Crippen LogP contribution in [-0.4, -0.2) is 14.6 Å². The van der Waals surface area contributed by atoms with Crippen molar-refractivity contribution in [3.63, 3.8) is 0 Å². The van der Waals surface area contributed by atoms with Crippen molar-refractivity contribution in [3.05, 3.63) is 52.1 Å². The molecule has 0 amide bonds. The Labute approximate surface area is 97.4 Å². The van der Waals surface area contributed by atoms with Crippen molar-refractivity contribution in [2.24, 2.45) is 0 Å². The molecule has 80 valence electrons. The van der Waals surface area contributed by atoms with E-state index in [1.807, 2.05) is 12.3 Å². The minimum atomic E-state index is 0.849. The van der Waals surface area contributed by atoms with Crippen molar-refractivity contribution in [1.82, 2.24) is 14.6 Å². The number of aryl methyl sites for hydroxylation is 1. The van der Waals surface area contributed by atoms with E-state index in [2.05, 4.69) is 45.1 Å². The molecule has 3 aromatic heterocycles. The zero-order valence-electron chi connectivity index (χ0n) is 8.92. The molecule has 16 heavy (non-hydrogen) atoms. The van der Waals surface area contributed by atoms with Gasteiger partial charge in [-0.3, -0.25) is 4.40 Å². The Morgan fingerprint density at radius 1 is 1.25 bits per heavy atom. The Morgan fingerprint density at radius 2 is 2.19 bits per heavy atom. The summed E-state index contributed by atoms with van der Waals surface area (Å²) in [6, 6.07) is 8.28. The third kappa shape index (κ3) is 1.51. The van der Waals surface area contributed by atoms with E-state index in [0.29, 0.717) is 0 Å². The highest BCUT2D eigenvalue weighted by Gasteiger charge is 2.07. The van der Waals surface area contributed by atoms with Gasteiger partial charge in [0.15, 0.2) is 5.65 Å². The second-order valence-electron chi connectivity index (χ2n) is 3.76. The maximum atomic E-state index is 4.25. The van der Waals surface area contributed by atoms with Crippen molar-refractivity contribution in [3.8, 4) is 0 Å². The average Bonchev–Trinajstić information content (AvgIpc) is 2.90. The molecule has 0 aliphatic heterocycles. The molecule has 3 heterocycles. The maximum absolute atomic E-state index is 4.25. The van der Waals surface area contributed by atoms with Crippen LogP contribution in [0, 0.1) is 6.92 Å². The van der Waals surface area contributed by atoms with Gasteiger partial charge in [-0.2, -0.15) is 0 Å². The summed E-state index contributed by atoms with van der Waals surface area (Å²) in [6.07, 6.45) is 2.87. The largest absolute Gasteiger partial charge is 0.286 e. The first-order valence-corrected chi connectivity index (χ1v) is 6.04. The molecule has 0 unspecified atom stereocenters. The number of nitrogens with zero attached hydrogens (tertiary/aromatic N) is 3. The molecule has 0 fully saturated rings. The van der Waals surface area contributed by atoms with Crippen molar-refractivity contribution in [1.29, 1.82) is 0 Å². The first-order valence-electron chi connectivity index (χ1n) is 5.16. The van der Waals surface area contributed by atoms with Gasteiger partial charge in [0.25, 0.3) is 0 Å². The smallest absolute Gasteiger partial charge is 0.163 e. The third-order valence-corrected chi connectivity index (χ3v) is 3.49. The monoisotopic (exact) mass is 229 g/mol. The van der Waals surface area contributed by atoms with Crippen LogP contribution >= 0.6 is 11.3 Å². The lowest BCUT2D eigenvalue weighted by atomic mass is 10.3. The standard InChI is InChI=1S/C12H11N3S/c1-9-4-2-6-15-11(13-14-12(9)15)8-10-5-3-7-16-10/h2-7H,8H2,1H3. The molecule has 0 aromatic carbocycles. The lowest BCUT2D eigenvalue weighted by Gasteiger charge is -1.99. The van der Waals surface area contributed by atoms with E-state index >= 15 is 0 Å². The van der Waals surface area contributed by atoms with Gasteiger partial charge >= 0.3 is 0 Å². The topological polar surface area (TPSA) is 30.2 Å². The highest BCUT2D eigenvalue weighted by molar-refractivity contribution is 7.09. The molecule has 4 heteroatoms. The van der Waals surface area contributed by atoms with Crippen molar-refractivity contribution >= 4 is 17.0 Å². The molecule has 0 atom stereocenters. The average molecular weight is 229 g/mol. The number of aromatic nitrogens is 3. The van der Waals surface area contributed by atoms with Crippen LogP contribution in [0.4, 0.5) is 0 Å². The van der Waals surface area contributed by atoms with E-state index < -0.39 is 0 Å². The van der Waals surface area contributed by atoms with Crippen LogP contribution in [0.1, 0.15) is 16.3 Å². The van der Waals surface area contributed by atoms with Gasteiger partial charge in [-0.15, -0.1) is 21.5 Å². The Bertz CT molecular complexity index is 610. The second kappa shape index (κ2) is 3.72. The summed E-state index contributed by atoms with van der Waals surface area (Å²) < 4.78 is 2.06. The molecule has 0 bridgehead atoms. The molecule has 0 spiro atoms. The van der Waals surface area contributed by atoms with Crippen LogP contribution in [0.3, 0.4) is 0 Å². The van der Waals surface area contributed by atoms with Crippen LogP contribution in [0.15, 0.2) is 35.8 Å². The van der Waals surface area contributed by atoms with Gasteiger partial charge < -0.3 is 0 Å². The van der Waals surface area contributed by atoms with E-state index in [9.17, 15) is 0 Å². The van der Waals surface area contributed by atoms with Crippen LogP contribution in [0.2, 0.25) is 0 Å². The van der Waals surface area contributed by atoms with E-state index in [0.717, 1.165) is 23.5 Å². The molecule has 0 aliphatic carbocycles. The Kier molecular flexibility index (Phi) is 2.22. The predicted molar refractivity (Wildman–Crippen MR) is 64.8 cm³/mol. The van der Waals surface area contributed by atoms with Gasteiger partial charge in [-0.05, 0) is 30.0 Å². The van der Waals surface area contributed by atoms with E-state index in [1.54, 1.807) is 11.3 Å². The summed E-state index contributed by atoms with van der Waals surface area (Å²) in [7, 11) is 0. The van der Waals surface area contributed by atoms with E-state index in [-0.39, 0.29) is 0 Å². The summed E-state index contributed by atoms with van der Waals surface area (Å²) in [5, 5.41) is 10.6. The Morgan fingerprint density at radius 3 is 3.00 bits per heavy atom. The zero-order chi connectivity index (χ0) is 11.0.